The van der Waals surface area contributed by atoms with Crippen molar-refractivity contribution in [1.29, 1.82) is 0 Å². The number of aliphatic carboxylic acids is 1. The van der Waals surface area contributed by atoms with Crippen molar-refractivity contribution in [3.05, 3.63) is 0 Å². The summed E-state index contributed by atoms with van der Waals surface area (Å²) in [6, 6.07) is -4.92. The van der Waals surface area contributed by atoms with E-state index in [0.717, 1.165) is 0 Å². The van der Waals surface area contributed by atoms with Crippen LogP contribution in [0, 0.1) is 11.8 Å². The van der Waals surface area contributed by atoms with Crippen molar-refractivity contribution >= 4 is 23.7 Å². The Kier molecular flexibility index (Phi) is 11.4. The van der Waals surface area contributed by atoms with Gasteiger partial charge in [-0.1, -0.05) is 34.1 Å². The number of carboxylic acid groups (broad SMARTS) is 1. The number of nitrogens with two attached hydrogens (primary N) is 1. The van der Waals surface area contributed by atoms with Crippen molar-refractivity contribution in [1.82, 2.24) is 16.0 Å². The Morgan fingerprint density at radius 2 is 1.38 bits per heavy atom. The summed E-state index contributed by atoms with van der Waals surface area (Å²) in [6.07, 6.45) is -0.631. The van der Waals surface area contributed by atoms with Crippen LogP contribution in [0.25, 0.3) is 0 Å². The third kappa shape index (κ3) is 8.34. The fraction of sp³-hybridized carbons (Fsp3) is 0.778. The predicted octanol–water partition coefficient (Wildman–Crippen LogP) is -2.07. The molecule has 0 aliphatic rings. The summed E-state index contributed by atoms with van der Waals surface area (Å²) in [5, 5.41) is 34.9. The molecule has 8 N–H and O–H groups in total. The molecular formula is C18H34N4O7. The highest BCUT2D eigenvalue weighted by Gasteiger charge is 2.34. The summed E-state index contributed by atoms with van der Waals surface area (Å²) >= 11 is 0. The topological polar surface area (TPSA) is 191 Å². The second-order valence-corrected chi connectivity index (χ2v) is 7.45. The lowest BCUT2D eigenvalue weighted by molar-refractivity contribution is -0.143. The molecule has 3 amide bonds. The van der Waals surface area contributed by atoms with Crippen molar-refractivity contribution in [3.63, 3.8) is 0 Å². The first-order valence-electron chi connectivity index (χ1n) is 9.55. The first-order chi connectivity index (χ1) is 13.4. The molecule has 29 heavy (non-hydrogen) atoms. The highest BCUT2D eigenvalue weighted by molar-refractivity contribution is 5.94. The van der Waals surface area contributed by atoms with Crippen LogP contribution in [0.3, 0.4) is 0 Å². The zero-order valence-corrected chi connectivity index (χ0v) is 17.5. The van der Waals surface area contributed by atoms with Gasteiger partial charge in [0, 0.05) is 0 Å². The van der Waals surface area contributed by atoms with E-state index in [1.54, 1.807) is 20.8 Å². The van der Waals surface area contributed by atoms with Gasteiger partial charge in [-0.3, -0.25) is 14.4 Å². The molecule has 0 spiro atoms. The number of carboxylic acids is 1. The van der Waals surface area contributed by atoms with Gasteiger partial charge in [0.05, 0.1) is 18.8 Å². The summed E-state index contributed by atoms with van der Waals surface area (Å²) < 4.78 is 0. The molecule has 11 nitrogen and oxygen atoms in total. The third-order valence-corrected chi connectivity index (χ3v) is 4.67. The average molecular weight is 418 g/mol. The maximum Gasteiger partial charge on any atom is 0.328 e. The van der Waals surface area contributed by atoms with Crippen LogP contribution in [0.4, 0.5) is 0 Å². The van der Waals surface area contributed by atoms with Crippen LogP contribution < -0.4 is 21.7 Å². The highest BCUT2D eigenvalue weighted by atomic mass is 16.4. The first-order valence-corrected chi connectivity index (χ1v) is 9.55. The number of carbonyl (C=O) groups is 4. The summed E-state index contributed by atoms with van der Waals surface area (Å²) in [5.41, 5.74) is 5.85. The fourth-order valence-corrected chi connectivity index (χ4v) is 2.39. The quantitative estimate of drug-likeness (QED) is 0.188. The molecule has 11 heteroatoms. The monoisotopic (exact) mass is 418 g/mol. The molecule has 6 atom stereocenters. The molecule has 0 bridgehead atoms. The second kappa shape index (κ2) is 12.3. The van der Waals surface area contributed by atoms with Gasteiger partial charge in [0.1, 0.15) is 18.1 Å². The molecule has 0 radical (unpaired) electrons. The number of rotatable bonds is 12. The first kappa shape index (κ1) is 26.8. The van der Waals surface area contributed by atoms with Gasteiger partial charge in [0.25, 0.3) is 0 Å². The fourth-order valence-electron chi connectivity index (χ4n) is 2.39. The van der Waals surface area contributed by atoms with Gasteiger partial charge >= 0.3 is 5.97 Å². The normalized spacial score (nSPS) is 17.4. The number of aliphatic hydroxyl groups excluding tert-OH is 2. The van der Waals surface area contributed by atoms with E-state index in [2.05, 4.69) is 16.0 Å². The van der Waals surface area contributed by atoms with Crippen molar-refractivity contribution in [2.24, 2.45) is 17.6 Å². The minimum atomic E-state index is -1.53. The van der Waals surface area contributed by atoms with Crippen LogP contribution in [0.5, 0.6) is 0 Å². The van der Waals surface area contributed by atoms with Gasteiger partial charge in [0.15, 0.2) is 0 Å². The number of nitrogens with one attached hydrogen (secondary N) is 3. The standard InChI is InChI=1S/C18H34N4O7/c1-6-9(4)12(19)15(25)22-14(10(5)24)17(27)21-13(8(2)3)16(26)20-11(7-23)18(28)29/h8-14,23-24H,6-7,19H2,1-5H3,(H,20,26)(H,21,27)(H,22,25)(H,28,29). The van der Waals surface area contributed by atoms with Crippen molar-refractivity contribution < 1.29 is 34.5 Å². The Labute approximate surface area is 170 Å². The van der Waals surface area contributed by atoms with E-state index in [0.29, 0.717) is 6.42 Å². The molecule has 0 rings (SSSR count). The van der Waals surface area contributed by atoms with Crippen molar-refractivity contribution in [2.45, 2.75) is 71.3 Å². The van der Waals surface area contributed by atoms with Gasteiger partial charge in [-0.25, -0.2) is 4.79 Å². The van der Waals surface area contributed by atoms with E-state index < -0.39 is 66.5 Å². The minimum absolute atomic E-state index is 0.145. The molecule has 0 aromatic heterocycles. The summed E-state index contributed by atoms with van der Waals surface area (Å²) in [7, 11) is 0. The maximum absolute atomic E-state index is 12.6. The van der Waals surface area contributed by atoms with E-state index in [4.69, 9.17) is 15.9 Å². The Bertz CT molecular complexity index is 583. The van der Waals surface area contributed by atoms with Crippen molar-refractivity contribution in [2.75, 3.05) is 6.61 Å². The number of amides is 3. The van der Waals surface area contributed by atoms with E-state index in [1.165, 1.54) is 6.92 Å². The molecule has 0 aromatic rings. The van der Waals surface area contributed by atoms with Crippen LogP contribution >= 0.6 is 0 Å². The number of hydrogen-bond acceptors (Lipinski definition) is 7. The molecule has 0 saturated carbocycles. The summed E-state index contributed by atoms with van der Waals surface area (Å²) in [5.74, 6) is -4.27. The summed E-state index contributed by atoms with van der Waals surface area (Å²) in [6.45, 7) is 7.36. The van der Waals surface area contributed by atoms with Crippen LogP contribution in [-0.4, -0.2) is 75.9 Å². The van der Waals surface area contributed by atoms with E-state index in [1.807, 2.05) is 6.92 Å². The lowest BCUT2D eigenvalue weighted by atomic mass is 9.98. The lowest BCUT2D eigenvalue weighted by Gasteiger charge is -2.28. The van der Waals surface area contributed by atoms with Gasteiger partial charge in [-0.05, 0) is 18.8 Å². The Hall–Kier alpha value is -2.24. The van der Waals surface area contributed by atoms with E-state index in [9.17, 15) is 24.3 Å². The van der Waals surface area contributed by atoms with Crippen LogP contribution in [-0.2, 0) is 19.2 Å². The van der Waals surface area contributed by atoms with Gasteiger partial charge in [-0.15, -0.1) is 0 Å². The minimum Gasteiger partial charge on any atom is -0.480 e. The van der Waals surface area contributed by atoms with Gasteiger partial charge < -0.3 is 37.0 Å². The SMILES string of the molecule is CCC(C)C(N)C(=O)NC(C(=O)NC(C(=O)NC(CO)C(=O)O)C(C)C)C(C)O. The molecule has 0 aliphatic carbocycles. The average Bonchev–Trinajstić information content (AvgIpc) is 2.65. The van der Waals surface area contributed by atoms with Gasteiger partial charge in [-0.2, -0.15) is 0 Å². The van der Waals surface area contributed by atoms with Gasteiger partial charge in [0.2, 0.25) is 17.7 Å². The van der Waals surface area contributed by atoms with Crippen molar-refractivity contribution in [3.8, 4) is 0 Å². The van der Waals surface area contributed by atoms with Crippen LogP contribution in [0.2, 0.25) is 0 Å². The molecule has 0 aliphatic heterocycles. The van der Waals surface area contributed by atoms with E-state index in [-0.39, 0.29) is 5.92 Å². The zero-order valence-electron chi connectivity index (χ0n) is 17.5. The predicted molar refractivity (Wildman–Crippen MR) is 104 cm³/mol. The summed E-state index contributed by atoms with van der Waals surface area (Å²) in [4.78, 5) is 48.3. The third-order valence-electron chi connectivity index (χ3n) is 4.67. The maximum atomic E-state index is 12.6. The smallest absolute Gasteiger partial charge is 0.328 e. The molecule has 6 unspecified atom stereocenters. The number of carbonyl (C=O) groups excluding carboxylic acids is 3. The second-order valence-electron chi connectivity index (χ2n) is 7.45. The van der Waals surface area contributed by atoms with E-state index >= 15 is 0 Å². The Morgan fingerprint density at radius 3 is 1.76 bits per heavy atom. The van der Waals surface area contributed by atoms with Crippen LogP contribution in [0.1, 0.15) is 41.0 Å². The molecule has 0 fully saturated rings. The lowest BCUT2D eigenvalue weighted by Crippen LogP contribution is -2.61. The number of aliphatic hydroxyl groups is 2. The molecule has 0 aromatic carbocycles. The molecule has 0 heterocycles. The Morgan fingerprint density at radius 1 is 0.897 bits per heavy atom. The van der Waals surface area contributed by atoms with Crippen LogP contribution in [0.15, 0.2) is 0 Å². The largest absolute Gasteiger partial charge is 0.480 e. The molecule has 168 valence electrons. The zero-order chi connectivity index (χ0) is 22.9. The molecule has 0 saturated heterocycles. The highest BCUT2D eigenvalue weighted by Crippen LogP contribution is 2.08. The molecular weight excluding hydrogens is 384 g/mol. The Balaban J connectivity index is 5.31. The number of hydrogen-bond donors (Lipinski definition) is 7.